The van der Waals surface area contributed by atoms with E-state index in [-0.39, 0.29) is 5.25 Å². The summed E-state index contributed by atoms with van der Waals surface area (Å²) in [7, 11) is 0. The quantitative estimate of drug-likeness (QED) is 0.500. The molecule has 0 spiro atoms. The van der Waals surface area contributed by atoms with Crippen molar-refractivity contribution < 1.29 is 4.52 Å². The molecule has 5 nitrogen and oxygen atoms in total. The highest BCUT2D eigenvalue weighted by Crippen LogP contribution is 2.52. The standard InChI is InChI=1S/C22H21ClN4OS2/c1-5-6-14-7-15(11-25-10-14)17-8-16(23)20(29-17)22(4)9-18(30-21(24)26-22)19-12(2)27-28-13(19)3/h7-8,10-11,18H,9H2,1-4H3,(H2,24,26). The summed E-state index contributed by atoms with van der Waals surface area (Å²) in [6.45, 7) is 7.79. The fraction of sp³-hybridized carbons (Fsp3) is 0.318. The molecule has 3 aromatic rings. The maximum Gasteiger partial charge on any atom is 0.155 e. The Kier molecular flexibility index (Phi) is 5.67. The largest absolute Gasteiger partial charge is 0.378 e. The van der Waals surface area contributed by atoms with Gasteiger partial charge in [-0.1, -0.05) is 34.4 Å². The molecule has 1 aliphatic rings. The third-order valence-electron chi connectivity index (χ3n) is 5.08. The number of nitrogens with zero attached hydrogens (tertiary/aromatic N) is 3. The van der Waals surface area contributed by atoms with E-state index in [4.69, 9.17) is 26.9 Å². The van der Waals surface area contributed by atoms with Crippen LogP contribution in [-0.2, 0) is 5.54 Å². The van der Waals surface area contributed by atoms with Crippen LogP contribution in [0.15, 0.2) is 34.0 Å². The molecule has 2 N–H and O–H groups in total. The first-order valence-corrected chi connectivity index (χ1v) is 11.5. The van der Waals surface area contributed by atoms with Crippen molar-refractivity contribution in [2.75, 3.05) is 0 Å². The fourth-order valence-corrected chi connectivity index (χ4v) is 6.82. The first-order valence-electron chi connectivity index (χ1n) is 9.43. The summed E-state index contributed by atoms with van der Waals surface area (Å²) in [5.41, 5.74) is 9.57. The Morgan fingerprint density at radius 1 is 1.30 bits per heavy atom. The fourth-order valence-electron chi connectivity index (χ4n) is 3.78. The number of hydrogen-bond acceptors (Lipinski definition) is 7. The minimum absolute atomic E-state index is 0.102. The number of hydrogen-bond donors (Lipinski definition) is 1. The molecule has 1 aliphatic heterocycles. The summed E-state index contributed by atoms with van der Waals surface area (Å²) in [5.74, 6) is 6.78. The highest BCUT2D eigenvalue weighted by atomic mass is 35.5. The molecular weight excluding hydrogens is 436 g/mol. The van der Waals surface area contributed by atoms with Crippen molar-refractivity contribution in [3.05, 3.63) is 57.0 Å². The molecule has 4 rings (SSSR count). The topological polar surface area (TPSA) is 77.3 Å². The minimum Gasteiger partial charge on any atom is -0.378 e. The maximum absolute atomic E-state index is 6.72. The first kappa shape index (κ1) is 21.0. The van der Waals surface area contributed by atoms with Gasteiger partial charge in [0, 0.05) is 39.2 Å². The lowest BCUT2D eigenvalue weighted by Crippen LogP contribution is -2.30. The van der Waals surface area contributed by atoms with Crippen LogP contribution >= 0.6 is 34.7 Å². The lowest BCUT2D eigenvalue weighted by atomic mass is 9.91. The maximum atomic E-state index is 6.72. The van der Waals surface area contributed by atoms with Gasteiger partial charge in [-0.15, -0.1) is 17.3 Å². The molecule has 0 saturated carbocycles. The van der Waals surface area contributed by atoms with Gasteiger partial charge in [-0.2, -0.15) is 0 Å². The second-order valence-corrected chi connectivity index (χ2v) is 10.1. The summed E-state index contributed by atoms with van der Waals surface area (Å²) in [6.07, 6.45) is 4.34. The summed E-state index contributed by atoms with van der Waals surface area (Å²) in [4.78, 5) is 11.2. The monoisotopic (exact) mass is 456 g/mol. The Morgan fingerprint density at radius 2 is 2.10 bits per heavy atom. The molecule has 0 aromatic carbocycles. The normalized spacial score (nSPS) is 21.1. The minimum atomic E-state index is -0.537. The molecule has 3 aromatic heterocycles. The van der Waals surface area contributed by atoms with Crippen LogP contribution in [0.4, 0.5) is 0 Å². The number of halogens is 1. The van der Waals surface area contributed by atoms with Gasteiger partial charge in [0.15, 0.2) is 5.17 Å². The van der Waals surface area contributed by atoms with Gasteiger partial charge in [-0.25, -0.2) is 0 Å². The van der Waals surface area contributed by atoms with Crippen molar-refractivity contribution >= 4 is 39.9 Å². The number of thioether (sulfide) groups is 1. The van der Waals surface area contributed by atoms with Crippen molar-refractivity contribution in [2.45, 2.75) is 44.9 Å². The van der Waals surface area contributed by atoms with Crippen LogP contribution in [0.5, 0.6) is 0 Å². The zero-order chi connectivity index (χ0) is 21.5. The molecule has 0 aliphatic carbocycles. The summed E-state index contributed by atoms with van der Waals surface area (Å²) < 4.78 is 5.39. The van der Waals surface area contributed by atoms with Crippen molar-refractivity contribution in [1.82, 2.24) is 10.1 Å². The van der Waals surface area contributed by atoms with E-state index in [0.717, 1.165) is 44.3 Å². The predicted molar refractivity (Wildman–Crippen MR) is 125 cm³/mol. The smallest absolute Gasteiger partial charge is 0.155 e. The number of thiophene rings is 1. The number of pyridine rings is 1. The van der Waals surface area contributed by atoms with Gasteiger partial charge in [0.2, 0.25) is 0 Å². The lowest BCUT2D eigenvalue weighted by molar-refractivity contribution is 0.390. The number of aromatic nitrogens is 2. The molecule has 154 valence electrons. The average Bonchev–Trinajstić information content (AvgIpc) is 3.24. The van der Waals surface area contributed by atoms with E-state index in [1.54, 1.807) is 29.3 Å². The molecule has 8 heteroatoms. The van der Waals surface area contributed by atoms with Crippen LogP contribution in [0.3, 0.4) is 0 Å². The average molecular weight is 457 g/mol. The van der Waals surface area contributed by atoms with E-state index in [9.17, 15) is 0 Å². The second-order valence-electron chi connectivity index (χ2n) is 7.40. The van der Waals surface area contributed by atoms with Crippen molar-refractivity contribution in [3.63, 3.8) is 0 Å². The number of amidine groups is 1. The summed E-state index contributed by atoms with van der Waals surface area (Å²) >= 11 is 9.89. The zero-order valence-corrected chi connectivity index (χ0v) is 19.5. The molecule has 0 fully saturated rings. The van der Waals surface area contributed by atoms with E-state index < -0.39 is 5.54 Å². The Bertz CT molecular complexity index is 1180. The van der Waals surface area contributed by atoms with Gasteiger partial charge in [-0.3, -0.25) is 9.98 Å². The van der Waals surface area contributed by atoms with Gasteiger partial charge < -0.3 is 10.3 Å². The number of aryl methyl sites for hydroxylation is 2. The van der Waals surface area contributed by atoms with E-state index in [1.165, 1.54) is 0 Å². The molecule has 0 amide bonds. The highest BCUT2D eigenvalue weighted by Gasteiger charge is 2.40. The van der Waals surface area contributed by atoms with E-state index in [1.807, 2.05) is 39.1 Å². The summed E-state index contributed by atoms with van der Waals surface area (Å²) in [5, 5.41) is 5.44. The van der Waals surface area contributed by atoms with Crippen LogP contribution in [0, 0.1) is 25.7 Å². The molecule has 4 heterocycles. The van der Waals surface area contributed by atoms with Gasteiger partial charge in [0.25, 0.3) is 0 Å². The van der Waals surface area contributed by atoms with Crippen molar-refractivity contribution in [2.24, 2.45) is 10.7 Å². The van der Waals surface area contributed by atoms with Crippen LogP contribution in [0.1, 0.15) is 53.0 Å². The van der Waals surface area contributed by atoms with Crippen molar-refractivity contribution in [1.29, 1.82) is 0 Å². The Labute approximate surface area is 189 Å². The van der Waals surface area contributed by atoms with Gasteiger partial charge in [0.1, 0.15) is 5.76 Å². The van der Waals surface area contributed by atoms with E-state index in [0.29, 0.717) is 10.2 Å². The second kappa shape index (κ2) is 8.10. The van der Waals surface area contributed by atoms with Crippen LogP contribution in [-0.4, -0.2) is 15.3 Å². The zero-order valence-electron chi connectivity index (χ0n) is 17.1. The van der Waals surface area contributed by atoms with E-state index in [2.05, 4.69) is 28.9 Å². The first-order chi connectivity index (χ1) is 14.3. The van der Waals surface area contributed by atoms with Crippen LogP contribution in [0.25, 0.3) is 10.4 Å². The van der Waals surface area contributed by atoms with E-state index >= 15 is 0 Å². The lowest BCUT2D eigenvalue weighted by Gasteiger charge is -2.33. The molecule has 0 radical (unpaired) electrons. The van der Waals surface area contributed by atoms with Gasteiger partial charge >= 0.3 is 0 Å². The Balaban J connectivity index is 1.73. The third-order valence-corrected chi connectivity index (χ3v) is 7.95. The SMILES string of the molecule is CC#Cc1cncc(-c2cc(Cl)c(C3(C)CC(c4c(C)noc4C)SC(N)=N3)s2)c1. The molecule has 0 bridgehead atoms. The number of rotatable bonds is 3. The molecule has 30 heavy (non-hydrogen) atoms. The highest BCUT2D eigenvalue weighted by molar-refractivity contribution is 8.14. The predicted octanol–water partition coefficient (Wildman–Crippen LogP) is 5.85. The molecule has 2 unspecified atom stereocenters. The Hall–Kier alpha value is -2.27. The van der Waals surface area contributed by atoms with Gasteiger partial charge in [0.05, 0.1) is 21.1 Å². The van der Waals surface area contributed by atoms with Crippen LogP contribution < -0.4 is 5.73 Å². The van der Waals surface area contributed by atoms with Gasteiger partial charge in [-0.05, 0) is 46.2 Å². The molecular formula is C22H21ClN4OS2. The number of nitrogens with two attached hydrogens (primary N) is 1. The van der Waals surface area contributed by atoms with Crippen molar-refractivity contribution in [3.8, 4) is 22.3 Å². The third kappa shape index (κ3) is 3.87. The van der Waals surface area contributed by atoms with Crippen LogP contribution in [0.2, 0.25) is 5.02 Å². The number of aliphatic imine (C=N–C) groups is 1. The summed E-state index contributed by atoms with van der Waals surface area (Å²) in [6, 6.07) is 4.00. The molecule has 2 atom stereocenters. The molecule has 0 saturated heterocycles. The Morgan fingerprint density at radius 3 is 2.80 bits per heavy atom.